The van der Waals surface area contributed by atoms with Crippen molar-refractivity contribution in [3.05, 3.63) is 12.0 Å². The lowest BCUT2D eigenvalue weighted by atomic mass is 10.4. The predicted octanol–water partition coefficient (Wildman–Crippen LogP) is 5.64. The van der Waals surface area contributed by atoms with E-state index in [1.165, 1.54) is 54.4 Å². The summed E-state index contributed by atoms with van der Waals surface area (Å²) in [4.78, 5) is 0. The number of hydrogen-bond acceptors (Lipinski definition) is 4. The van der Waals surface area contributed by atoms with Crippen molar-refractivity contribution in [1.29, 1.82) is 0 Å². The number of thioether (sulfide) groups is 4. The van der Waals surface area contributed by atoms with Crippen molar-refractivity contribution in [2.45, 2.75) is 43.1 Å². The van der Waals surface area contributed by atoms with Crippen LogP contribution in [-0.2, 0) is 0 Å². The lowest BCUT2D eigenvalue weighted by Crippen LogP contribution is -2.21. The van der Waals surface area contributed by atoms with Gasteiger partial charge in [0.15, 0.2) is 0 Å². The van der Waals surface area contributed by atoms with Crippen LogP contribution in [0.5, 0.6) is 0 Å². The zero-order valence-electron chi connectivity index (χ0n) is 12.6. The van der Waals surface area contributed by atoms with Crippen molar-refractivity contribution in [2.24, 2.45) is 11.8 Å². The van der Waals surface area contributed by atoms with Crippen LogP contribution in [0.1, 0.15) is 32.6 Å². The van der Waals surface area contributed by atoms with E-state index in [2.05, 4.69) is 48.8 Å². The largest absolute Gasteiger partial charge is 0.161 e. The fourth-order valence-corrected chi connectivity index (χ4v) is 7.27. The second-order valence-corrected chi connectivity index (χ2v) is 10.8. The zero-order valence-corrected chi connectivity index (χ0v) is 15.9. The molecule has 0 aromatic heterocycles. The summed E-state index contributed by atoms with van der Waals surface area (Å²) >= 11 is 8.48. The highest BCUT2D eigenvalue weighted by Crippen LogP contribution is 2.37. The van der Waals surface area contributed by atoms with Gasteiger partial charge in [-0.05, 0) is 54.4 Å². The smallest absolute Gasteiger partial charge is 0.0257 e. The topological polar surface area (TPSA) is 0 Å². The first-order chi connectivity index (χ1) is 9.79. The van der Waals surface area contributed by atoms with Gasteiger partial charge in [0.1, 0.15) is 0 Å². The first-order valence-corrected chi connectivity index (χ1v) is 12.1. The standard InChI is InChI=1S/C16H28S4/c1-3-17-12-16(13(2)20-11-15-6-7-15)19-9-8-18-10-14-4-5-14/h3,13-16H,1,4-12H2,2H3. The van der Waals surface area contributed by atoms with Gasteiger partial charge in [-0.2, -0.15) is 35.3 Å². The van der Waals surface area contributed by atoms with Gasteiger partial charge in [-0.25, -0.2) is 0 Å². The van der Waals surface area contributed by atoms with E-state index < -0.39 is 0 Å². The molecular formula is C16H28S4. The molecule has 0 heterocycles. The van der Waals surface area contributed by atoms with Crippen molar-refractivity contribution < 1.29 is 0 Å². The Morgan fingerprint density at radius 2 is 1.75 bits per heavy atom. The van der Waals surface area contributed by atoms with E-state index in [1.54, 1.807) is 0 Å². The molecule has 0 aliphatic heterocycles. The fraction of sp³-hybridized carbons (Fsp3) is 0.875. The van der Waals surface area contributed by atoms with Crippen LogP contribution in [0.15, 0.2) is 12.0 Å². The molecule has 0 nitrogen and oxygen atoms in total. The van der Waals surface area contributed by atoms with Crippen molar-refractivity contribution in [1.82, 2.24) is 0 Å². The summed E-state index contributed by atoms with van der Waals surface area (Å²) in [6, 6.07) is 0. The van der Waals surface area contributed by atoms with E-state index in [0.29, 0.717) is 0 Å². The van der Waals surface area contributed by atoms with Gasteiger partial charge >= 0.3 is 0 Å². The van der Waals surface area contributed by atoms with E-state index >= 15 is 0 Å². The van der Waals surface area contributed by atoms with Gasteiger partial charge in [-0.3, -0.25) is 0 Å². The summed E-state index contributed by atoms with van der Waals surface area (Å²) in [5, 5.41) is 3.60. The third-order valence-electron chi connectivity index (χ3n) is 3.80. The van der Waals surface area contributed by atoms with Gasteiger partial charge < -0.3 is 0 Å². The van der Waals surface area contributed by atoms with Crippen LogP contribution in [0.4, 0.5) is 0 Å². The van der Waals surface area contributed by atoms with Crippen molar-refractivity contribution in [2.75, 3.05) is 28.8 Å². The minimum atomic E-state index is 0.793. The molecule has 0 aromatic carbocycles. The highest BCUT2D eigenvalue weighted by Gasteiger charge is 2.25. The Kier molecular flexibility index (Phi) is 8.76. The van der Waals surface area contributed by atoms with E-state index in [0.717, 1.165) is 22.3 Å². The van der Waals surface area contributed by atoms with Gasteiger partial charge in [0.05, 0.1) is 0 Å². The average molecular weight is 349 g/mol. The molecule has 0 aromatic rings. The van der Waals surface area contributed by atoms with Gasteiger partial charge in [-0.15, -0.1) is 11.8 Å². The minimum absolute atomic E-state index is 0.793. The third kappa shape index (κ3) is 7.95. The summed E-state index contributed by atoms with van der Waals surface area (Å²) in [5.41, 5.74) is 0. The second-order valence-electron chi connectivity index (χ2n) is 5.91. The average Bonchev–Trinajstić information content (AvgIpc) is 3.33. The highest BCUT2D eigenvalue weighted by molar-refractivity contribution is 8.07. The maximum Gasteiger partial charge on any atom is 0.0257 e. The van der Waals surface area contributed by atoms with E-state index in [1.807, 2.05) is 17.2 Å². The molecule has 2 rings (SSSR count). The van der Waals surface area contributed by atoms with E-state index in [9.17, 15) is 0 Å². The Balaban J connectivity index is 1.57. The molecule has 116 valence electrons. The van der Waals surface area contributed by atoms with Crippen molar-refractivity contribution in [3.63, 3.8) is 0 Å². The quantitative estimate of drug-likeness (QED) is 0.395. The van der Waals surface area contributed by atoms with Crippen LogP contribution in [0.2, 0.25) is 0 Å². The third-order valence-corrected chi connectivity index (χ3v) is 9.39. The SMILES string of the molecule is C=CSCC(SCCSCC1CC1)C(C)SCC1CC1. The molecule has 4 heteroatoms. The highest BCUT2D eigenvalue weighted by atomic mass is 32.2. The van der Waals surface area contributed by atoms with Gasteiger partial charge in [0, 0.05) is 27.8 Å². The molecule has 0 spiro atoms. The van der Waals surface area contributed by atoms with Crippen molar-refractivity contribution in [3.8, 4) is 0 Å². The van der Waals surface area contributed by atoms with E-state index in [-0.39, 0.29) is 0 Å². The monoisotopic (exact) mass is 348 g/mol. The Labute approximate surface area is 142 Å². The van der Waals surface area contributed by atoms with Gasteiger partial charge in [0.25, 0.3) is 0 Å². The van der Waals surface area contributed by atoms with Crippen LogP contribution < -0.4 is 0 Å². The Bertz CT molecular complexity index is 274. The summed E-state index contributed by atoms with van der Waals surface area (Å²) in [7, 11) is 0. The molecule has 0 N–H and O–H groups in total. The van der Waals surface area contributed by atoms with Crippen molar-refractivity contribution >= 4 is 47.0 Å². The molecule has 0 radical (unpaired) electrons. The lowest BCUT2D eigenvalue weighted by molar-refractivity contribution is 0.921. The maximum atomic E-state index is 3.86. The first-order valence-electron chi connectivity index (χ1n) is 7.83. The first kappa shape index (κ1) is 17.5. The van der Waals surface area contributed by atoms with Crippen LogP contribution in [-0.4, -0.2) is 39.3 Å². The molecule has 2 saturated carbocycles. The van der Waals surface area contributed by atoms with E-state index in [4.69, 9.17) is 0 Å². The number of rotatable bonds is 13. The molecule has 0 bridgehead atoms. The maximum absolute atomic E-state index is 3.86. The summed E-state index contributed by atoms with van der Waals surface area (Å²) < 4.78 is 0. The normalized spacial score (nSPS) is 21.6. The van der Waals surface area contributed by atoms with Gasteiger partial charge in [0.2, 0.25) is 0 Å². The molecule has 2 aliphatic carbocycles. The molecule has 2 fully saturated rings. The molecule has 0 amide bonds. The van der Waals surface area contributed by atoms with Crippen LogP contribution in [0.3, 0.4) is 0 Å². The fourth-order valence-electron chi connectivity index (χ4n) is 1.95. The molecular weight excluding hydrogens is 320 g/mol. The molecule has 0 saturated heterocycles. The lowest BCUT2D eigenvalue weighted by Gasteiger charge is -2.22. The molecule has 2 aliphatic rings. The Morgan fingerprint density at radius 1 is 1.05 bits per heavy atom. The second kappa shape index (κ2) is 10.0. The van der Waals surface area contributed by atoms with Crippen LogP contribution in [0.25, 0.3) is 0 Å². The molecule has 20 heavy (non-hydrogen) atoms. The zero-order chi connectivity index (χ0) is 14.2. The summed E-state index contributed by atoms with van der Waals surface area (Å²) in [5.74, 6) is 8.84. The predicted molar refractivity (Wildman–Crippen MR) is 104 cm³/mol. The van der Waals surface area contributed by atoms with Crippen LogP contribution in [0, 0.1) is 11.8 Å². The van der Waals surface area contributed by atoms with Gasteiger partial charge in [-0.1, -0.05) is 13.5 Å². The summed E-state index contributed by atoms with van der Waals surface area (Å²) in [6.45, 7) is 6.29. The molecule has 2 unspecified atom stereocenters. The minimum Gasteiger partial charge on any atom is -0.161 e. The van der Waals surface area contributed by atoms with Crippen LogP contribution >= 0.6 is 47.0 Å². The Hall–Kier alpha value is 1.14. The Morgan fingerprint density at radius 3 is 2.40 bits per heavy atom. The summed E-state index contributed by atoms with van der Waals surface area (Å²) in [6.07, 6.45) is 5.95. The molecule has 2 atom stereocenters. The number of hydrogen-bond donors (Lipinski definition) is 0.